The van der Waals surface area contributed by atoms with E-state index in [0.717, 1.165) is 24.1 Å². The van der Waals surface area contributed by atoms with Crippen LogP contribution in [0.1, 0.15) is 51.0 Å². The quantitative estimate of drug-likeness (QED) is 0.648. The molecule has 0 aliphatic heterocycles. The number of nitrogens with one attached hydrogen (secondary N) is 2. The molecule has 118 valence electrons. The number of hydrogen-bond acceptors (Lipinski definition) is 3. The highest BCUT2D eigenvalue weighted by Gasteiger charge is 2.16. The summed E-state index contributed by atoms with van der Waals surface area (Å²) in [6.07, 6.45) is 8.26. The number of carbonyl (C=O) groups is 2. The predicted octanol–water partition coefficient (Wildman–Crippen LogP) is 3.07. The first-order chi connectivity index (χ1) is 10.6. The maximum Gasteiger partial charge on any atom is 0.240 e. The standard InChI is InChI=1S/C17H23N3O2/c1-13(21)19-16-9-7-15(8-10-16)12-18-20-17(22)11-14-5-3-2-4-6-14/h7-10,12,14H,2-6,11H2,1H3,(H,19,21)(H,20,22). The zero-order valence-corrected chi connectivity index (χ0v) is 13.0. The van der Waals surface area contributed by atoms with Crippen molar-refractivity contribution in [2.24, 2.45) is 11.0 Å². The van der Waals surface area contributed by atoms with Gasteiger partial charge in [-0.15, -0.1) is 0 Å². The van der Waals surface area contributed by atoms with Crippen molar-refractivity contribution in [3.8, 4) is 0 Å². The van der Waals surface area contributed by atoms with E-state index in [0.29, 0.717) is 12.3 Å². The summed E-state index contributed by atoms with van der Waals surface area (Å²) in [7, 11) is 0. The number of hydrazone groups is 1. The molecule has 1 saturated carbocycles. The van der Waals surface area contributed by atoms with Crippen molar-refractivity contribution < 1.29 is 9.59 Å². The first-order valence-corrected chi connectivity index (χ1v) is 7.83. The van der Waals surface area contributed by atoms with Gasteiger partial charge in [-0.1, -0.05) is 31.4 Å². The maximum absolute atomic E-state index is 11.8. The van der Waals surface area contributed by atoms with Gasteiger partial charge in [0.25, 0.3) is 0 Å². The molecule has 1 aliphatic rings. The summed E-state index contributed by atoms with van der Waals surface area (Å²) in [5.41, 5.74) is 4.20. The second-order valence-corrected chi connectivity index (χ2v) is 5.80. The average Bonchev–Trinajstić information content (AvgIpc) is 2.49. The van der Waals surface area contributed by atoms with Crippen molar-refractivity contribution in [2.75, 3.05) is 5.32 Å². The van der Waals surface area contributed by atoms with E-state index < -0.39 is 0 Å². The molecule has 0 bridgehead atoms. The molecule has 2 amide bonds. The third kappa shape index (κ3) is 5.68. The second kappa shape index (κ2) is 8.32. The molecule has 0 heterocycles. The Kier molecular flexibility index (Phi) is 6.13. The minimum absolute atomic E-state index is 0.0157. The van der Waals surface area contributed by atoms with Gasteiger partial charge >= 0.3 is 0 Å². The van der Waals surface area contributed by atoms with Crippen molar-refractivity contribution in [1.82, 2.24) is 5.43 Å². The molecule has 1 aromatic carbocycles. The molecule has 0 atom stereocenters. The van der Waals surface area contributed by atoms with Gasteiger partial charge in [0.15, 0.2) is 0 Å². The molecular weight excluding hydrogens is 278 g/mol. The fourth-order valence-electron chi connectivity index (χ4n) is 2.73. The van der Waals surface area contributed by atoms with E-state index in [9.17, 15) is 9.59 Å². The van der Waals surface area contributed by atoms with Crippen LogP contribution in [0.4, 0.5) is 5.69 Å². The minimum Gasteiger partial charge on any atom is -0.326 e. The van der Waals surface area contributed by atoms with E-state index in [1.165, 1.54) is 26.2 Å². The van der Waals surface area contributed by atoms with E-state index >= 15 is 0 Å². The van der Waals surface area contributed by atoms with Crippen LogP contribution < -0.4 is 10.7 Å². The van der Waals surface area contributed by atoms with Crippen LogP contribution in [0.2, 0.25) is 0 Å². The number of amides is 2. The van der Waals surface area contributed by atoms with Crippen LogP contribution in [0, 0.1) is 5.92 Å². The van der Waals surface area contributed by atoms with Crippen LogP contribution in [0.3, 0.4) is 0 Å². The third-order valence-corrected chi connectivity index (χ3v) is 3.83. The highest BCUT2D eigenvalue weighted by molar-refractivity contribution is 5.89. The van der Waals surface area contributed by atoms with E-state index in [1.807, 2.05) is 12.1 Å². The molecule has 0 unspecified atom stereocenters. The van der Waals surface area contributed by atoms with Crippen LogP contribution in [-0.4, -0.2) is 18.0 Å². The summed E-state index contributed by atoms with van der Waals surface area (Å²) in [5, 5.41) is 6.68. The summed E-state index contributed by atoms with van der Waals surface area (Å²) in [4.78, 5) is 22.7. The van der Waals surface area contributed by atoms with Gasteiger partial charge in [-0.25, -0.2) is 5.43 Å². The number of nitrogens with zero attached hydrogens (tertiary/aromatic N) is 1. The lowest BCUT2D eigenvalue weighted by Gasteiger charge is -2.20. The van der Waals surface area contributed by atoms with E-state index in [1.54, 1.807) is 18.3 Å². The van der Waals surface area contributed by atoms with Crippen molar-refractivity contribution in [3.63, 3.8) is 0 Å². The molecule has 0 saturated heterocycles. The monoisotopic (exact) mass is 301 g/mol. The Morgan fingerprint density at radius 1 is 1.18 bits per heavy atom. The number of hydrogen-bond donors (Lipinski definition) is 2. The molecule has 0 aromatic heterocycles. The summed E-state index contributed by atoms with van der Waals surface area (Å²) < 4.78 is 0. The minimum atomic E-state index is -0.101. The lowest BCUT2D eigenvalue weighted by atomic mass is 9.87. The molecule has 2 rings (SSSR count). The zero-order chi connectivity index (χ0) is 15.8. The summed E-state index contributed by atoms with van der Waals surface area (Å²) in [6, 6.07) is 7.27. The van der Waals surface area contributed by atoms with Crippen LogP contribution in [0.25, 0.3) is 0 Å². The molecule has 22 heavy (non-hydrogen) atoms. The molecule has 5 nitrogen and oxygen atoms in total. The van der Waals surface area contributed by atoms with Crippen LogP contribution in [0.15, 0.2) is 29.4 Å². The first-order valence-electron chi connectivity index (χ1n) is 7.83. The normalized spacial score (nSPS) is 15.7. The van der Waals surface area contributed by atoms with Gasteiger partial charge in [-0.3, -0.25) is 9.59 Å². The van der Waals surface area contributed by atoms with E-state index in [2.05, 4.69) is 15.8 Å². The predicted molar refractivity (Wildman–Crippen MR) is 87.7 cm³/mol. The first kappa shape index (κ1) is 16.2. The van der Waals surface area contributed by atoms with Crippen LogP contribution in [0.5, 0.6) is 0 Å². The largest absolute Gasteiger partial charge is 0.326 e. The highest BCUT2D eigenvalue weighted by Crippen LogP contribution is 2.25. The number of anilines is 1. The Morgan fingerprint density at radius 3 is 2.50 bits per heavy atom. The number of benzene rings is 1. The van der Waals surface area contributed by atoms with Gasteiger partial charge in [-0.05, 0) is 36.5 Å². The molecule has 0 radical (unpaired) electrons. The average molecular weight is 301 g/mol. The van der Waals surface area contributed by atoms with Gasteiger partial charge in [0, 0.05) is 19.0 Å². The number of carbonyl (C=O) groups excluding carboxylic acids is 2. The fraction of sp³-hybridized carbons (Fsp3) is 0.471. The molecule has 1 fully saturated rings. The summed E-state index contributed by atoms with van der Waals surface area (Å²) >= 11 is 0. The van der Waals surface area contributed by atoms with Crippen molar-refractivity contribution in [3.05, 3.63) is 29.8 Å². The molecule has 1 aliphatic carbocycles. The zero-order valence-electron chi connectivity index (χ0n) is 13.0. The Labute approximate surface area is 131 Å². The van der Waals surface area contributed by atoms with Gasteiger partial charge in [-0.2, -0.15) is 5.10 Å². The smallest absolute Gasteiger partial charge is 0.240 e. The molecule has 2 N–H and O–H groups in total. The topological polar surface area (TPSA) is 70.6 Å². The van der Waals surface area contributed by atoms with Gasteiger partial charge in [0.2, 0.25) is 11.8 Å². The van der Waals surface area contributed by atoms with Gasteiger partial charge in [0.05, 0.1) is 6.21 Å². The van der Waals surface area contributed by atoms with Gasteiger partial charge in [0.1, 0.15) is 0 Å². The second-order valence-electron chi connectivity index (χ2n) is 5.80. The van der Waals surface area contributed by atoms with Crippen molar-refractivity contribution >= 4 is 23.7 Å². The summed E-state index contributed by atoms with van der Waals surface area (Å²) in [6.45, 7) is 1.47. The third-order valence-electron chi connectivity index (χ3n) is 3.83. The Bertz CT molecular complexity index is 531. The Morgan fingerprint density at radius 2 is 1.86 bits per heavy atom. The lowest BCUT2D eigenvalue weighted by molar-refractivity contribution is -0.122. The molecule has 5 heteroatoms. The van der Waals surface area contributed by atoms with E-state index in [-0.39, 0.29) is 11.8 Å². The van der Waals surface area contributed by atoms with E-state index in [4.69, 9.17) is 0 Å². The Balaban J connectivity index is 1.76. The lowest BCUT2D eigenvalue weighted by Crippen LogP contribution is -2.22. The van der Waals surface area contributed by atoms with Crippen LogP contribution >= 0.6 is 0 Å². The summed E-state index contributed by atoms with van der Waals surface area (Å²) in [5.74, 6) is 0.398. The Hall–Kier alpha value is -2.17. The molecule has 1 aromatic rings. The fourth-order valence-corrected chi connectivity index (χ4v) is 2.73. The molecule has 0 spiro atoms. The highest BCUT2D eigenvalue weighted by atomic mass is 16.2. The van der Waals surface area contributed by atoms with Crippen LogP contribution in [-0.2, 0) is 9.59 Å². The maximum atomic E-state index is 11.8. The molecular formula is C17H23N3O2. The van der Waals surface area contributed by atoms with Crippen molar-refractivity contribution in [1.29, 1.82) is 0 Å². The van der Waals surface area contributed by atoms with Crippen molar-refractivity contribution in [2.45, 2.75) is 45.4 Å². The number of rotatable bonds is 5. The van der Waals surface area contributed by atoms with Gasteiger partial charge < -0.3 is 5.32 Å². The SMILES string of the molecule is CC(=O)Nc1ccc(C=NNC(=O)CC2CCCCC2)cc1.